The van der Waals surface area contributed by atoms with Crippen LogP contribution in [0.2, 0.25) is 0 Å². The number of rotatable bonds is 5. The Kier molecular flexibility index (Phi) is 3.98. The van der Waals surface area contributed by atoms with E-state index < -0.39 is 4.92 Å². The van der Waals surface area contributed by atoms with Gasteiger partial charge in [0.15, 0.2) is 0 Å². The predicted octanol–water partition coefficient (Wildman–Crippen LogP) is 1.46. The first-order valence-electron chi connectivity index (χ1n) is 5.04. The predicted molar refractivity (Wildman–Crippen MR) is 61.1 cm³/mol. The molecule has 0 aromatic heterocycles. The van der Waals surface area contributed by atoms with Crippen molar-refractivity contribution in [1.29, 1.82) is 0 Å². The fourth-order valence-electron chi connectivity index (χ4n) is 1.18. The maximum atomic E-state index is 10.6. The van der Waals surface area contributed by atoms with E-state index in [1.165, 1.54) is 12.1 Å². The third-order valence-corrected chi connectivity index (χ3v) is 2.29. The van der Waals surface area contributed by atoms with E-state index in [1.54, 1.807) is 6.07 Å². The van der Waals surface area contributed by atoms with Crippen LogP contribution in [0.15, 0.2) is 24.3 Å². The van der Waals surface area contributed by atoms with Gasteiger partial charge in [-0.15, -0.1) is 0 Å². The van der Waals surface area contributed by atoms with Gasteiger partial charge in [-0.2, -0.15) is 0 Å². The van der Waals surface area contributed by atoms with E-state index in [1.807, 2.05) is 19.9 Å². The molecule has 0 saturated heterocycles. The number of aliphatic hydroxyl groups is 1. The van der Waals surface area contributed by atoms with Crippen LogP contribution in [0.3, 0.4) is 0 Å². The van der Waals surface area contributed by atoms with Gasteiger partial charge in [-0.3, -0.25) is 10.1 Å². The van der Waals surface area contributed by atoms with Crippen LogP contribution in [-0.2, 0) is 6.54 Å². The third-order valence-electron chi connectivity index (χ3n) is 2.29. The molecule has 0 saturated carbocycles. The van der Waals surface area contributed by atoms with Crippen molar-refractivity contribution in [2.75, 3.05) is 6.61 Å². The summed E-state index contributed by atoms with van der Waals surface area (Å²) >= 11 is 0. The van der Waals surface area contributed by atoms with Crippen molar-refractivity contribution >= 4 is 5.69 Å². The van der Waals surface area contributed by atoms with E-state index in [9.17, 15) is 10.1 Å². The van der Waals surface area contributed by atoms with Crippen molar-refractivity contribution in [3.63, 3.8) is 0 Å². The van der Waals surface area contributed by atoms with Crippen molar-refractivity contribution in [2.24, 2.45) is 0 Å². The molecule has 0 spiro atoms. The Hall–Kier alpha value is -1.46. The van der Waals surface area contributed by atoms with Gasteiger partial charge < -0.3 is 10.4 Å². The van der Waals surface area contributed by atoms with Crippen molar-refractivity contribution in [1.82, 2.24) is 5.32 Å². The second-order valence-electron chi connectivity index (χ2n) is 4.32. The molecule has 0 aliphatic carbocycles. The monoisotopic (exact) mass is 224 g/mol. The molecule has 88 valence electrons. The zero-order chi connectivity index (χ0) is 12.2. The Labute approximate surface area is 94.3 Å². The normalized spacial score (nSPS) is 11.4. The summed E-state index contributed by atoms with van der Waals surface area (Å²) in [5.41, 5.74) is 0.529. The van der Waals surface area contributed by atoms with Gasteiger partial charge in [-0.1, -0.05) is 12.1 Å². The first-order valence-corrected chi connectivity index (χ1v) is 5.04. The van der Waals surface area contributed by atoms with Gasteiger partial charge in [0.25, 0.3) is 5.69 Å². The molecule has 1 aromatic rings. The van der Waals surface area contributed by atoms with Crippen molar-refractivity contribution < 1.29 is 10.0 Å². The molecule has 0 bridgehead atoms. The van der Waals surface area contributed by atoms with E-state index in [2.05, 4.69) is 5.32 Å². The average Bonchev–Trinajstić information content (AvgIpc) is 2.27. The van der Waals surface area contributed by atoms with Crippen LogP contribution < -0.4 is 5.32 Å². The molecule has 5 nitrogen and oxygen atoms in total. The van der Waals surface area contributed by atoms with Crippen molar-refractivity contribution in [3.8, 4) is 0 Å². The van der Waals surface area contributed by atoms with E-state index >= 15 is 0 Å². The molecule has 0 radical (unpaired) electrons. The molecule has 16 heavy (non-hydrogen) atoms. The first-order chi connectivity index (χ1) is 7.44. The van der Waals surface area contributed by atoms with E-state index in [0.29, 0.717) is 6.54 Å². The maximum Gasteiger partial charge on any atom is 0.269 e. The molecule has 1 aromatic carbocycles. The van der Waals surface area contributed by atoms with Crippen LogP contribution >= 0.6 is 0 Å². The number of non-ortho nitro benzene ring substituents is 1. The zero-order valence-corrected chi connectivity index (χ0v) is 9.43. The molecule has 0 atom stereocenters. The molecule has 1 rings (SSSR count). The number of hydrogen-bond donors (Lipinski definition) is 2. The summed E-state index contributed by atoms with van der Waals surface area (Å²) in [7, 11) is 0. The largest absolute Gasteiger partial charge is 0.394 e. The van der Waals surface area contributed by atoms with Crippen LogP contribution in [0.1, 0.15) is 19.4 Å². The van der Waals surface area contributed by atoms with Gasteiger partial charge in [0.2, 0.25) is 0 Å². The highest BCUT2D eigenvalue weighted by molar-refractivity contribution is 5.34. The molecule has 0 aliphatic heterocycles. The number of nitro benzene ring substituents is 1. The van der Waals surface area contributed by atoms with Gasteiger partial charge in [-0.05, 0) is 19.4 Å². The summed E-state index contributed by atoms with van der Waals surface area (Å²) in [5.74, 6) is 0. The van der Waals surface area contributed by atoms with Crippen LogP contribution in [0.25, 0.3) is 0 Å². The van der Waals surface area contributed by atoms with Crippen molar-refractivity contribution in [2.45, 2.75) is 25.9 Å². The van der Waals surface area contributed by atoms with Crippen LogP contribution in [0.5, 0.6) is 0 Å². The molecule has 0 fully saturated rings. The summed E-state index contributed by atoms with van der Waals surface area (Å²) in [6.07, 6.45) is 0. The van der Waals surface area contributed by atoms with Gasteiger partial charge in [0.1, 0.15) is 0 Å². The molecular formula is C11H16N2O3. The molecule has 0 aliphatic rings. The summed E-state index contributed by atoms with van der Waals surface area (Å²) in [5, 5.41) is 22.7. The summed E-state index contributed by atoms with van der Waals surface area (Å²) < 4.78 is 0. The molecule has 5 heteroatoms. The Morgan fingerprint density at radius 3 is 2.75 bits per heavy atom. The number of nitrogens with one attached hydrogen (secondary N) is 1. The standard InChI is InChI=1S/C11H16N2O3/c1-11(2,8-14)12-7-9-4-3-5-10(6-9)13(15)16/h3-6,12,14H,7-8H2,1-2H3. The first kappa shape index (κ1) is 12.6. The minimum Gasteiger partial charge on any atom is -0.394 e. The number of benzene rings is 1. The lowest BCUT2D eigenvalue weighted by molar-refractivity contribution is -0.384. The molecular weight excluding hydrogens is 208 g/mol. The fraction of sp³-hybridized carbons (Fsp3) is 0.455. The maximum absolute atomic E-state index is 10.6. The smallest absolute Gasteiger partial charge is 0.269 e. The summed E-state index contributed by atoms with van der Waals surface area (Å²) in [6, 6.07) is 6.45. The topological polar surface area (TPSA) is 75.4 Å². The molecule has 0 amide bonds. The second kappa shape index (κ2) is 5.05. The number of aliphatic hydroxyl groups excluding tert-OH is 1. The Morgan fingerprint density at radius 2 is 2.19 bits per heavy atom. The van der Waals surface area contributed by atoms with Gasteiger partial charge in [0, 0.05) is 24.2 Å². The highest BCUT2D eigenvalue weighted by Gasteiger charge is 2.15. The van der Waals surface area contributed by atoms with Crippen LogP contribution in [-0.4, -0.2) is 22.2 Å². The average molecular weight is 224 g/mol. The molecule has 2 N–H and O–H groups in total. The van der Waals surface area contributed by atoms with E-state index in [-0.39, 0.29) is 17.8 Å². The summed E-state index contributed by atoms with van der Waals surface area (Å²) in [4.78, 5) is 10.1. The van der Waals surface area contributed by atoms with Gasteiger partial charge >= 0.3 is 0 Å². The fourth-order valence-corrected chi connectivity index (χ4v) is 1.18. The second-order valence-corrected chi connectivity index (χ2v) is 4.32. The number of nitrogens with zero attached hydrogens (tertiary/aromatic N) is 1. The highest BCUT2D eigenvalue weighted by atomic mass is 16.6. The lowest BCUT2D eigenvalue weighted by Crippen LogP contribution is -2.42. The van der Waals surface area contributed by atoms with Gasteiger partial charge in [-0.25, -0.2) is 0 Å². The van der Waals surface area contributed by atoms with E-state index in [4.69, 9.17) is 5.11 Å². The summed E-state index contributed by atoms with van der Waals surface area (Å²) in [6.45, 7) is 4.24. The Morgan fingerprint density at radius 1 is 1.50 bits per heavy atom. The Balaban J connectivity index is 2.68. The minimum atomic E-state index is -0.416. The highest BCUT2D eigenvalue weighted by Crippen LogP contribution is 2.13. The van der Waals surface area contributed by atoms with Crippen LogP contribution in [0.4, 0.5) is 5.69 Å². The molecule has 0 heterocycles. The Bertz CT molecular complexity index is 377. The zero-order valence-electron chi connectivity index (χ0n) is 9.43. The van der Waals surface area contributed by atoms with Gasteiger partial charge in [0.05, 0.1) is 11.5 Å². The molecule has 0 unspecified atom stereocenters. The quantitative estimate of drug-likeness (QED) is 0.586. The third kappa shape index (κ3) is 3.60. The van der Waals surface area contributed by atoms with Crippen LogP contribution in [0, 0.1) is 10.1 Å². The SMILES string of the molecule is CC(C)(CO)NCc1cccc([N+](=O)[O-])c1. The van der Waals surface area contributed by atoms with E-state index in [0.717, 1.165) is 5.56 Å². The van der Waals surface area contributed by atoms with Crippen molar-refractivity contribution in [3.05, 3.63) is 39.9 Å². The minimum absolute atomic E-state index is 0.0158. The lowest BCUT2D eigenvalue weighted by Gasteiger charge is -2.23. The number of hydrogen-bond acceptors (Lipinski definition) is 4. The lowest BCUT2D eigenvalue weighted by atomic mass is 10.1. The number of nitro groups is 1.